The molecule has 0 saturated heterocycles. The van der Waals surface area contributed by atoms with Crippen LogP contribution >= 0.6 is 0 Å². The first-order valence-corrected chi connectivity index (χ1v) is 12.0. The molecule has 0 amide bonds. The Balaban J connectivity index is 1.83. The van der Waals surface area contributed by atoms with Crippen LogP contribution < -0.4 is 16.0 Å². The highest BCUT2D eigenvalue weighted by Gasteiger charge is 2.15. The van der Waals surface area contributed by atoms with Gasteiger partial charge < -0.3 is 0 Å². The molecular weight excluding hydrogens is 440 g/mol. The van der Waals surface area contributed by atoms with Crippen molar-refractivity contribution in [1.82, 2.24) is 9.13 Å². The van der Waals surface area contributed by atoms with Crippen molar-refractivity contribution in [3.63, 3.8) is 0 Å². The van der Waals surface area contributed by atoms with E-state index in [1.54, 1.807) is 54.6 Å². The molecule has 0 bridgehead atoms. The average Bonchev–Trinajstić information content (AvgIpc) is 2.78. The molecule has 1 heterocycles. The van der Waals surface area contributed by atoms with E-state index in [4.69, 9.17) is 5.26 Å². The highest BCUT2D eigenvalue weighted by atomic mass is 32.2. The predicted molar refractivity (Wildman–Crippen MR) is 127 cm³/mol. The highest BCUT2D eigenvalue weighted by Crippen LogP contribution is 2.16. The van der Waals surface area contributed by atoms with Crippen LogP contribution in [0.5, 0.6) is 0 Å². The summed E-state index contributed by atoms with van der Waals surface area (Å²) < 4.78 is 28.2. The van der Waals surface area contributed by atoms with E-state index < -0.39 is 21.3 Å². The molecule has 33 heavy (non-hydrogen) atoms. The smallest absolute Gasteiger partial charge is 0.293 e. The molecule has 166 valence electrons. The average molecular weight is 461 g/mol. The molecule has 0 aliphatic rings. The van der Waals surface area contributed by atoms with Crippen LogP contribution in [-0.2, 0) is 23.0 Å². The topological polar surface area (TPSA) is 114 Å². The number of anilines is 1. The third kappa shape index (κ3) is 4.71. The lowest BCUT2D eigenvalue weighted by Gasteiger charge is -2.15. The summed E-state index contributed by atoms with van der Waals surface area (Å²) >= 11 is 0. The number of rotatable bonds is 6. The van der Waals surface area contributed by atoms with Crippen molar-refractivity contribution >= 4 is 26.6 Å². The van der Waals surface area contributed by atoms with E-state index >= 15 is 0 Å². The summed E-state index contributed by atoms with van der Waals surface area (Å²) in [6.07, 6.45) is 1.54. The Labute approximate surface area is 190 Å². The van der Waals surface area contributed by atoms with Crippen molar-refractivity contribution in [3.05, 3.63) is 105 Å². The first kappa shape index (κ1) is 22.0. The molecule has 1 aromatic heterocycles. The van der Waals surface area contributed by atoms with E-state index in [1.165, 1.54) is 10.6 Å². The van der Waals surface area contributed by atoms with E-state index in [0.717, 1.165) is 16.4 Å². The lowest BCUT2D eigenvalue weighted by Crippen LogP contribution is -2.39. The number of para-hydroxylation sites is 1. The van der Waals surface area contributed by atoms with Crippen molar-refractivity contribution in [2.75, 3.05) is 11.0 Å². The maximum atomic E-state index is 13.5. The number of nitrogens with one attached hydrogen (secondary N) is 1. The minimum atomic E-state index is -3.52. The lowest BCUT2D eigenvalue weighted by molar-refractivity contribution is 0.607. The molecule has 0 atom stereocenters. The van der Waals surface area contributed by atoms with Crippen molar-refractivity contribution in [1.29, 1.82) is 5.26 Å². The second kappa shape index (κ2) is 8.76. The van der Waals surface area contributed by atoms with Gasteiger partial charge in [-0.15, -0.1) is 0 Å². The van der Waals surface area contributed by atoms with Gasteiger partial charge in [-0.25, -0.2) is 17.8 Å². The van der Waals surface area contributed by atoms with Crippen molar-refractivity contribution in [3.8, 4) is 11.8 Å². The molecule has 8 nitrogen and oxygen atoms in total. The normalized spacial score (nSPS) is 11.3. The number of benzene rings is 3. The summed E-state index contributed by atoms with van der Waals surface area (Å²) in [5, 5.41) is 9.35. The quantitative estimate of drug-likeness (QED) is 0.475. The zero-order valence-electron chi connectivity index (χ0n) is 17.7. The Bertz CT molecular complexity index is 1610. The van der Waals surface area contributed by atoms with E-state index in [0.29, 0.717) is 29.4 Å². The third-order valence-corrected chi connectivity index (χ3v) is 5.77. The van der Waals surface area contributed by atoms with Gasteiger partial charge in [0.05, 0.1) is 40.2 Å². The molecule has 0 aliphatic carbocycles. The standard InChI is InChI=1S/C24H20N4O4S/c1-33(31,32)26-19-5-4-6-20(15-19)28-23(29)21-7-2-3-8-22(21)27(24(28)30)14-13-17-9-11-18(16-25)12-10-17/h2-12,15,26H,13-14H2,1H3. The number of aromatic nitrogens is 2. The molecule has 4 aromatic rings. The molecule has 4 rings (SSSR count). The van der Waals surface area contributed by atoms with Gasteiger partial charge in [-0.3, -0.25) is 14.1 Å². The summed E-state index contributed by atoms with van der Waals surface area (Å²) in [5.74, 6) is 0. The number of sulfonamides is 1. The fraction of sp³-hybridized carbons (Fsp3) is 0.125. The van der Waals surface area contributed by atoms with Crippen LogP contribution in [0.1, 0.15) is 11.1 Å². The summed E-state index contributed by atoms with van der Waals surface area (Å²) in [5.41, 5.74) is 1.52. The Kier molecular flexibility index (Phi) is 5.85. The van der Waals surface area contributed by atoms with Crippen LogP contribution in [0, 0.1) is 11.3 Å². The predicted octanol–water partition coefficient (Wildman–Crippen LogP) is 2.64. The zero-order valence-corrected chi connectivity index (χ0v) is 18.5. The monoisotopic (exact) mass is 460 g/mol. The minimum Gasteiger partial charge on any atom is -0.293 e. The number of fused-ring (bicyclic) bond motifs is 1. The number of hydrogen-bond acceptors (Lipinski definition) is 5. The maximum Gasteiger partial charge on any atom is 0.336 e. The van der Waals surface area contributed by atoms with Crippen LogP contribution in [0.3, 0.4) is 0 Å². The molecule has 3 aromatic carbocycles. The molecule has 0 radical (unpaired) electrons. The van der Waals surface area contributed by atoms with Crippen molar-refractivity contribution in [2.24, 2.45) is 0 Å². The number of aryl methyl sites for hydroxylation is 2. The Morgan fingerprint density at radius 1 is 0.970 bits per heavy atom. The van der Waals surface area contributed by atoms with Crippen LogP contribution in [0.4, 0.5) is 5.69 Å². The van der Waals surface area contributed by atoms with Gasteiger partial charge in [0.15, 0.2) is 0 Å². The Hall–Kier alpha value is -4.16. The number of hydrogen-bond donors (Lipinski definition) is 1. The lowest BCUT2D eigenvalue weighted by atomic mass is 10.1. The molecule has 9 heteroatoms. The molecule has 0 fully saturated rings. The first-order chi connectivity index (χ1) is 15.8. The van der Waals surface area contributed by atoms with Crippen LogP contribution in [0.15, 0.2) is 82.4 Å². The molecule has 1 N–H and O–H groups in total. The van der Waals surface area contributed by atoms with Crippen LogP contribution in [0.2, 0.25) is 0 Å². The van der Waals surface area contributed by atoms with Gasteiger partial charge in [0, 0.05) is 6.54 Å². The molecule has 0 unspecified atom stereocenters. The van der Waals surface area contributed by atoms with E-state index in [2.05, 4.69) is 10.8 Å². The SMILES string of the molecule is CS(=O)(=O)Nc1cccc(-n2c(=O)c3ccccc3n(CCc3ccc(C#N)cc3)c2=O)c1. The second-order valence-corrected chi connectivity index (χ2v) is 9.32. The number of nitriles is 1. The molecule has 0 spiro atoms. The number of nitrogens with zero attached hydrogens (tertiary/aromatic N) is 3. The largest absolute Gasteiger partial charge is 0.336 e. The summed E-state index contributed by atoms with van der Waals surface area (Å²) in [6, 6.07) is 22.2. The van der Waals surface area contributed by atoms with Gasteiger partial charge in [0.2, 0.25) is 10.0 Å². The Morgan fingerprint density at radius 2 is 1.70 bits per heavy atom. The van der Waals surface area contributed by atoms with Crippen LogP contribution in [-0.4, -0.2) is 23.8 Å². The van der Waals surface area contributed by atoms with Crippen molar-refractivity contribution in [2.45, 2.75) is 13.0 Å². The maximum absolute atomic E-state index is 13.5. The second-order valence-electron chi connectivity index (χ2n) is 7.58. The van der Waals surface area contributed by atoms with Crippen molar-refractivity contribution < 1.29 is 8.42 Å². The fourth-order valence-electron chi connectivity index (χ4n) is 3.67. The molecule has 0 saturated carbocycles. The van der Waals surface area contributed by atoms with E-state index in [9.17, 15) is 18.0 Å². The Morgan fingerprint density at radius 3 is 2.39 bits per heavy atom. The zero-order chi connectivity index (χ0) is 23.6. The van der Waals surface area contributed by atoms with Crippen LogP contribution in [0.25, 0.3) is 16.6 Å². The van der Waals surface area contributed by atoms with Gasteiger partial charge in [-0.05, 0) is 54.4 Å². The highest BCUT2D eigenvalue weighted by molar-refractivity contribution is 7.92. The summed E-state index contributed by atoms with van der Waals surface area (Å²) in [4.78, 5) is 26.7. The van der Waals surface area contributed by atoms with Gasteiger partial charge >= 0.3 is 5.69 Å². The summed E-state index contributed by atoms with van der Waals surface area (Å²) in [7, 11) is -3.52. The van der Waals surface area contributed by atoms with Gasteiger partial charge in [0.1, 0.15) is 0 Å². The van der Waals surface area contributed by atoms with E-state index in [1.807, 2.05) is 12.1 Å². The first-order valence-electron chi connectivity index (χ1n) is 10.1. The van der Waals surface area contributed by atoms with Gasteiger partial charge in [0.25, 0.3) is 5.56 Å². The summed E-state index contributed by atoms with van der Waals surface area (Å²) in [6.45, 7) is 0.312. The fourth-order valence-corrected chi connectivity index (χ4v) is 4.23. The third-order valence-electron chi connectivity index (χ3n) is 5.17. The van der Waals surface area contributed by atoms with E-state index in [-0.39, 0.29) is 11.4 Å². The molecule has 0 aliphatic heterocycles. The van der Waals surface area contributed by atoms with Gasteiger partial charge in [-0.2, -0.15) is 5.26 Å². The minimum absolute atomic E-state index is 0.249. The van der Waals surface area contributed by atoms with Gasteiger partial charge in [-0.1, -0.05) is 30.3 Å². The molecular formula is C24H20N4O4S.